The van der Waals surface area contributed by atoms with Crippen LogP contribution in [0.1, 0.15) is 21.5 Å². The first kappa shape index (κ1) is 22.2. The fourth-order valence-corrected chi connectivity index (χ4v) is 3.27. The highest BCUT2D eigenvalue weighted by molar-refractivity contribution is 9.10. The lowest BCUT2D eigenvalue weighted by atomic mass is 10.1. The summed E-state index contributed by atoms with van der Waals surface area (Å²) >= 11 is 3.31. The lowest BCUT2D eigenvalue weighted by Crippen LogP contribution is -2.43. The molecule has 3 rings (SSSR count). The Balaban J connectivity index is 1.80. The molecule has 1 heterocycles. The van der Waals surface area contributed by atoms with Crippen LogP contribution in [0.4, 0.5) is 5.82 Å². The van der Waals surface area contributed by atoms with Crippen LogP contribution in [0.15, 0.2) is 68.7 Å². The van der Waals surface area contributed by atoms with E-state index in [0.29, 0.717) is 5.56 Å². The maximum Gasteiger partial charge on any atom is 0.332 e. The van der Waals surface area contributed by atoms with Gasteiger partial charge >= 0.3 is 11.7 Å². The number of ether oxygens (including phenoxy) is 1. The standard InChI is InChI=1S/C22H20BrN3O5/c1-25-21(29)19(20(24)26(22(25)30)12-15-5-3-2-4-6-15)17(27)13-31-18(28)11-14-7-9-16(23)10-8-14/h2-10H,11-13,24H2,1H3. The van der Waals surface area contributed by atoms with Crippen LogP contribution in [0, 0.1) is 0 Å². The number of nitrogens with two attached hydrogens (primary N) is 1. The third kappa shape index (κ3) is 5.18. The number of esters is 1. The Morgan fingerprint density at radius 1 is 1.00 bits per heavy atom. The zero-order chi connectivity index (χ0) is 22.5. The number of nitrogen functional groups attached to an aromatic ring is 1. The molecule has 3 aromatic rings. The summed E-state index contributed by atoms with van der Waals surface area (Å²) < 4.78 is 7.87. The molecule has 0 radical (unpaired) electrons. The first-order chi connectivity index (χ1) is 14.8. The molecule has 0 unspecified atom stereocenters. The van der Waals surface area contributed by atoms with E-state index in [1.54, 1.807) is 48.5 Å². The van der Waals surface area contributed by atoms with Gasteiger partial charge in [0.15, 0.2) is 6.61 Å². The fraction of sp³-hybridized carbons (Fsp3) is 0.182. The van der Waals surface area contributed by atoms with Crippen molar-refractivity contribution in [2.45, 2.75) is 13.0 Å². The smallest absolute Gasteiger partial charge is 0.332 e. The summed E-state index contributed by atoms with van der Waals surface area (Å²) in [4.78, 5) is 49.8. The van der Waals surface area contributed by atoms with Gasteiger partial charge < -0.3 is 10.5 Å². The first-order valence-corrected chi connectivity index (χ1v) is 10.1. The van der Waals surface area contributed by atoms with Gasteiger partial charge in [0.25, 0.3) is 5.56 Å². The third-order valence-corrected chi connectivity index (χ3v) is 5.20. The predicted molar refractivity (Wildman–Crippen MR) is 119 cm³/mol. The van der Waals surface area contributed by atoms with Gasteiger partial charge in [-0.25, -0.2) is 4.79 Å². The molecule has 160 valence electrons. The molecule has 0 amide bonds. The average molecular weight is 486 g/mol. The minimum absolute atomic E-state index is 0.0262. The number of hydrogen-bond acceptors (Lipinski definition) is 6. The summed E-state index contributed by atoms with van der Waals surface area (Å²) in [5.41, 5.74) is 5.66. The Morgan fingerprint density at radius 2 is 1.65 bits per heavy atom. The van der Waals surface area contributed by atoms with Gasteiger partial charge in [0.05, 0.1) is 13.0 Å². The highest BCUT2D eigenvalue weighted by atomic mass is 79.9. The molecule has 0 fully saturated rings. The van der Waals surface area contributed by atoms with Crippen molar-refractivity contribution < 1.29 is 14.3 Å². The maximum absolute atomic E-state index is 12.7. The van der Waals surface area contributed by atoms with Crippen LogP contribution in [-0.4, -0.2) is 27.5 Å². The van der Waals surface area contributed by atoms with Crippen molar-refractivity contribution in [1.29, 1.82) is 0 Å². The summed E-state index contributed by atoms with van der Waals surface area (Å²) in [7, 11) is 1.27. The van der Waals surface area contributed by atoms with E-state index in [1.807, 2.05) is 6.07 Å². The number of ketones is 1. The topological polar surface area (TPSA) is 113 Å². The Kier molecular flexibility index (Phi) is 6.86. The fourth-order valence-electron chi connectivity index (χ4n) is 3.00. The minimum atomic E-state index is -0.833. The molecule has 0 aliphatic carbocycles. The number of rotatable bonds is 7. The van der Waals surface area contributed by atoms with Crippen molar-refractivity contribution in [3.05, 3.63) is 96.6 Å². The average Bonchev–Trinajstić information content (AvgIpc) is 2.76. The highest BCUT2D eigenvalue weighted by Crippen LogP contribution is 2.12. The molecule has 8 nitrogen and oxygen atoms in total. The lowest BCUT2D eigenvalue weighted by Gasteiger charge is -2.14. The normalized spacial score (nSPS) is 10.6. The lowest BCUT2D eigenvalue weighted by molar-refractivity contribution is -0.141. The van der Waals surface area contributed by atoms with Crippen molar-refractivity contribution >= 4 is 33.5 Å². The molecule has 9 heteroatoms. The van der Waals surface area contributed by atoms with E-state index < -0.39 is 29.6 Å². The minimum Gasteiger partial charge on any atom is -0.457 e. The van der Waals surface area contributed by atoms with E-state index in [1.165, 1.54) is 7.05 Å². The second kappa shape index (κ2) is 9.57. The summed E-state index contributed by atoms with van der Waals surface area (Å²) in [6.45, 7) is -0.568. The van der Waals surface area contributed by atoms with Crippen molar-refractivity contribution in [2.75, 3.05) is 12.3 Å². The maximum atomic E-state index is 12.7. The quantitative estimate of drug-likeness (QED) is 0.403. The number of carbonyl (C=O) groups excluding carboxylic acids is 2. The Bertz CT molecular complexity index is 1230. The second-order valence-electron chi connectivity index (χ2n) is 6.87. The van der Waals surface area contributed by atoms with E-state index in [4.69, 9.17) is 10.5 Å². The number of halogens is 1. The largest absolute Gasteiger partial charge is 0.457 e. The van der Waals surface area contributed by atoms with Gasteiger partial charge in [0.1, 0.15) is 11.4 Å². The van der Waals surface area contributed by atoms with E-state index >= 15 is 0 Å². The van der Waals surface area contributed by atoms with E-state index in [9.17, 15) is 19.2 Å². The summed E-state index contributed by atoms with van der Waals surface area (Å²) in [6, 6.07) is 16.1. The summed E-state index contributed by atoms with van der Waals surface area (Å²) in [5.74, 6) is -1.65. The number of carbonyl (C=O) groups is 2. The molecule has 0 saturated heterocycles. The number of nitrogens with zero attached hydrogens (tertiary/aromatic N) is 2. The SMILES string of the molecule is Cn1c(=O)c(C(=O)COC(=O)Cc2ccc(Br)cc2)c(N)n(Cc2ccccc2)c1=O. The van der Waals surface area contributed by atoms with Gasteiger partial charge in [-0.15, -0.1) is 0 Å². The molecule has 0 aliphatic heterocycles. The third-order valence-electron chi connectivity index (χ3n) is 4.67. The van der Waals surface area contributed by atoms with Crippen LogP contribution in [0.2, 0.25) is 0 Å². The molecular formula is C22H20BrN3O5. The first-order valence-electron chi connectivity index (χ1n) is 9.34. The molecule has 0 bridgehead atoms. The number of Topliss-reactive ketones (excluding diaryl/α,β-unsaturated/α-hetero) is 1. The highest BCUT2D eigenvalue weighted by Gasteiger charge is 2.22. The zero-order valence-corrected chi connectivity index (χ0v) is 18.3. The number of benzene rings is 2. The van der Waals surface area contributed by atoms with Crippen molar-refractivity contribution in [3.8, 4) is 0 Å². The monoisotopic (exact) mass is 485 g/mol. The molecule has 1 aromatic heterocycles. The summed E-state index contributed by atoms with van der Waals surface area (Å²) in [5, 5.41) is 0. The van der Waals surface area contributed by atoms with Gasteiger partial charge in [-0.2, -0.15) is 0 Å². The number of aromatic nitrogens is 2. The van der Waals surface area contributed by atoms with Crippen LogP contribution < -0.4 is 17.0 Å². The van der Waals surface area contributed by atoms with Crippen molar-refractivity contribution in [2.24, 2.45) is 7.05 Å². The van der Waals surface area contributed by atoms with Crippen LogP contribution in [-0.2, 0) is 29.5 Å². The van der Waals surface area contributed by atoms with Gasteiger partial charge in [0.2, 0.25) is 5.78 Å². The Morgan fingerprint density at radius 3 is 2.29 bits per heavy atom. The zero-order valence-electron chi connectivity index (χ0n) is 16.7. The van der Waals surface area contributed by atoms with Crippen molar-refractivity contribution in [3.63, 3.8) is 0 Å². The number of anilines is 1. The molecule has 31 heavy (non-hydrogen) atoms. The van der Waals surface area contributed by atoms with E-state index in [2.05, 4.69) is 15.9 Å². The molecule has 2 N–H and O–H groups in total. The van der Waals surface area contributed by atoms with Crippen molar-refractivity contribution in [1.82, 2.24) is 9.13 Å². The van der Waals surface area contributed by atoms with Crippen LogP contribution in [0.3, 0.4) is 0 Å². The van der Waals surface area contributed by atoms with E-state index in [-0.39, 0.29) is 24.3 Å². The molecule has 0 spiro atoms. The van der Waals surface area contributed by atoms with Crippen LogP contribution in [0.5, 0.6) is 0 Å². The Labute approximate surface area is 186 Å². The molecule has 0 aliphatic rings. The van der Waals surface area contributed by atoms with Gasteiger partial charge in [-0.3, -0.25) is 23.5 Å². The van der Waals surface area contributed by atoms with Crippen LogP contribution >= 0.6 is 15.9 Å². The molecule has 2 aromatic carbocycles. The Hall–Kier alpha value is -3.46. The van der Waals surface area contributed by atoms with E-state index in [0.717, 1.165) is 19.2 Å². The second-order valence-corrected chi connectivity index (χ2v) is 7.78. The predicted octanol–water partition coefficient (Wildman–Crippen LogP) is 1.91. The number of hydrogen-bond donors (Lipinski definition) is 1. The van der Waals surface area contributed by atoms with Gasteiger partial charge in [-0.05, 0) is 23.3 Å². The molecule has 0 saturated carbocycles. The summed E-state index contributed by atoms with van der Waals surface area (Å²) in [6.07, 6.45) is -0.0262. The molecule has 0 atom stereocenters. The van der Waals surface area contributed by atoms with Gasteiger partial charge in [0, 0.05) is 11.5 Å². The van der Waals surface area contributed by atoms with Gasteiger partial charge in [-0.1, -0.05) is 58.4 Å². The van der Waals surface area contributed by atoms with Crippen LogP contribution in [0.25, 0.3) is 0 Å². The molecular weight excluding hydrogens is 466 g/mol.